The summed E-state index contributed by atoms with van der Waals surface area (Å²) < 4.78 is 10.2. The molecule has 0 saturated carbocycles. The third kappa shape index (κ3) is 0.418. The molecule has 0 unspecified atom stereocenters. The highest BCUT2D eigenvalue weighted by atomic mass is 16.6. The molecule has 3 heteroatoms. The lowest BCUT2D eigenvalue weighted by Crippen LogP contribution is -1.99. The van der Waals surface area contributed by atoms with Crippen LogP contribution < -0.4 is 9.31 Å². The highest BCUT2D eigenvalue weighted by Gasteiger charge is 2.29. The molecule has 1 radical (unpaired) electrons. The highest BCUT2D eigenvalue weighted by Crippen LogP contribution is 2.45. The monoisotopic (exact) mass is 131 g/mol. The van der Waals surface area contributed by atoms with Crippen molar-refractivity contribution in [3.05, 3.63) is 23.3 Å². The van der Waals surface area contributed by atoms with Crippen molar-refractivity contribution in [1.29, 1.82) is 0 Å². The normalized spacial score (nSPS) is 16.0. The maximum Gasteiger partial charge on any atom is 0.658 e. The average Bonchev–Trinajstić information content (AvgIpc) is 2.60. The minimum atomic E-state index is 0.858. The predicted octanol–water partition coefficient (Wildman–Crippen LogP) is 0.896. The Balaban J connectivity index is 2.32. The van der Waals surface area contributed by atoms with Gasteiger partial charge in [-0.15, -0.1) is 0 Å². The lowest BCUT2D eigenvalue weighted by Gasteiger charge is -1.92. The third-order valence-corrected chi connectivity index (χ3v) is 1.90. The molecular weight excluding hydrogens is 127 g/mol. The first-order valence-corrected chi connectivity index (χ1v) is 3.25. The fourth-order valence-electron chi connectivity index (χ4n) is 1.28. The van der Waals surface area contributed by atoms with Gasteiger partial charge < -0.3 is 9.31 Å². The molecule has 3 rings (SSSR count). The van der Waals surface area contributed by atoms with E-state index in [1.165, 1.54) is 18.8 Å². The van der Waals surface area contributed by atoms with Gasteiger partial charge in [-0.2, -0.15) is 0 Å². The molecule has 1 aromatic rings. The fourth-order valence-corrected chi connectivity index (χ4v) is 1.28. The van der Waals surface area contributed by atoms with Crippen molar-refractivity contribution in [3.8, 4) is 11.5 Å². The minimum absolute atomic E-state index is 0.858. The maximum atomic E-state index is 5.13. The van der Waals surface area contributed by atoms with Gasteiger partial charge in [0, 0.05) is 12.0 Å². The molecule has 0 saturated heterocycles. The topological polar surface area (TPSA) is 18.5 Å². The van der Waals surface area contributed by atoms with Gasteiger partial charge in [0.05, 0.1) is 0 Å². The Hall–Kier alpha value is -1.12. The second-order valence-electron chi connectivity index (χ2n) is 2.54. The van der Waals surface area contributed by atoms with E-state index in [1.807, 2.05) is 6.07 Å². The van der Waals surface area contributed by atoms with Gasteiger partial charge in [0.2, 0.25) is 0 Å². The van der Waals surface area contributed by atoms with Crippen LogP contribution in [0, 0.1) is 0 Å². The molecule has 10 heavy (non-hydrogen) atoms. The van der Waals surface area contributed by atoms with Crippen LogP contribution in [0.25, 0.3) is 0 Å². The Morgan fingerprint density at radius 1 is 1.30 bits per heavy atom. The second kappa shape index (κ2) is 1.31. The van der Waals surface area contributed by atoms with Crippen molar-refractivity contribution in [1.82, 2.24) is 0 Å². The Morgan fingerprint density at radius 3 is 3.30 bits per heavy atom. The van der Waals surface area contributed by atoms with E-state index in [-0.39, 0.29) is 0 Å². The van der Waals surface area contributed by atoms with Gasteiger partial charge in [-0.1, -0.05) is 6.07 Å². The van der Waals surface area contributed by atoms with Gasteiger partial charge in [0.1, 0.15) is 11.5 Å². The molecule has 0 bridgehead atoms. The molecule has 0 atom stereocenters. The summed E-state index contributed by atoms with van der Waals surface area (Å²) in [7, 11) is 1.38. The number of hydrogen-bond donors (Lipinski definition) is 0. The number of hydrogen-bond acceptors (Lipinski definition) is 2. The molecule has 1 heterocycles. The van der Waals surface area contributed by atoms with Gasteiger partial charge in [-0.25, -0.2) is 0 Å². The van der Waals surface area contributed by atoms with E-state index in [4.69, 9.17) is 9.31 Å². The van der Waals surface area contributed by atoms with Crippen LogP contribution in [0.5, 0.6) is 11.5 Å². The quantitative estimate of drug-likeness (QED) is 0.494. The zero-order chi connectivity index (χ0) is 6.55. The summed E-state index contributed by atoms with van der Waals surface area (Å²) in [5.41, 5.74) is 2.70. The molecule has 47 valence electrons. The lowest BCUT2D eigenvalue weighted by molar-refractivity contribution is 0.540. The zero-order valence-electron chi connectivity index (χ0n) is 5.26. The Kier molecular flexibility index (Phi) is 0.611. The lowest BCUT2D eigenvalue weighted by atomic mass is 10.3. The fraction of sp³-hybridized carbons (Fsp3) is 0.143. The molecule has 2 nitrogen and oxygen atoms in total. The van der Waals surface area contributed by atoms with E-state index in [0.29, 0.717) is 0 Å². The van der Waals surface area contributed by atoms with Gasteiger partial charge in [-0.05, 0) is 11.6 Å². The molecule has 0 fully saturated rings. The van der Waals surface area contributed by atoms with E-state index in [2.05, 4.69) is 6.07 Å². The van der Waals surface area contributed by atoms with Crippen molar-refractivity contribution in [2.24, 2.45) is 0 Å². The molecule has 0 amide bonds. The molecule has 1 aliphatic heterocycles. The number of benzene rings is 1. The molecule has 2 aliphatic rings. The standard InChI is InChI=1S/C7H4BO2/c1-2-6-7(10-8-9-6)5-3-4(1)5/h1-2H,3H2. The molecule has 0 spiro atoms. The third-order valence-electron chi connectivity index (χ3n) is 1.90. The first-order valence-electron chi connectivity index (χ1n) is 3.25. The summed E-state index contributed by atoms with van der Waals surface area (Å²) >= 11 is 0. The first-order chi connectivity index (χ1) is 4.95. The van der Waals surface area contributed by atoms with E-state index < -0.39 is 0 Å². The van der Waals surface area contributed by atoms with Crippen LogP contribution in [0.2, 0.25) is 0 Å². The number of rotatable bonds is 0. The van der Waals surface area contributed by atoms with E-state index >= 15 is 0 Å². The zero-order valence-corrected chi connectivity index (χ0v) is 5.26. The minimum Gasteiger partial charge on any atom is -0.524 e. The van der Waals surface area contributed by atoms with Crippen molar-refractivity contribution in [2.75, 3.05) is 0 Å². The van der Waals surface area contributed by atoms with E-state index in [1.54, 1.807) is 0 Å². The van der Waals surface area contributed by atoms with Gasteiger partial charge in [-0.3, -0.25) is 0 Å². The Bertz CT molecular complexity index is 309. The van der Waals surface area contributed by atoms with Crippen molar-refractivity contribution < 1.29 is 9.31 Å². The average molecular weight is 131 g/mol. The van der Waals surface area contributed by atoms with Crippen molar-refractivity contribution in [2.45, 2.75) is 6.42 Å². The summed E-state index contributed by atoms with van der Waals surface area (Å²) in [6.45, 7) is 0. The van der Waals surface area contributed by atoms with Crippen LogP contribution >= 0.6 is 0 Å². The smallest absolute Gasteiger partial charge is 0.524 e. The maximum absolute atomic E-state index is 5.13. The van der Waals surface area contributed by atoms with Crippen molar-refractivity contribution in [3.63, 3.8) is 0 Å². The molecule has 1 aromatic carbocycles. The van der Waals surface area contributed by atoms with Crippen LogP contribution in [0.3, 0.4) is 0 Å². The Morgan fingerprint density at radius 2 is 2.30 bits per heavy atom. The first kappa shape index (κ1) is 4.66. The van der Waals surface area contributed by atoms with Crippen LogP contribution in [-0.2, 0) is 6.42 Å². The van der Waals surface area contributed by atoms with Gasteiger partial charge >= 0.3 is 7.69 Å². The SMILES string of the molecule is [B]1Oc2ccc3c(c2O1)C3. The molecule has 0 aromatic heterocycles. The summed E-state index contributed by atoms with van der Waals surface area (Å²) in [6.07, 6.45) is 1.08. The van der Waals surface area contributed by atoms with E-state index in [9.17, 15) is 0 Å². The second-order valence-corrected chi connectivity index (χ2v) is 2.54. The van der Waals surface area contributed by atoms with Gasteiger partial charge in [0.15, 0.2) is 0 Å². The summed E-state index contributed by atoms with van der Waals surface area (Å²) in [4.78, 5) is 0. The molecule has 0 N–H and O–H groups in total. The largest absolute Gasteiger partial charge is 0.658 e. The number of fused-ring (bicyclic) bond motifs is 3. The van der Waals surface area contributed by atoms with Crippen molar-refractivity contribution >= 4 is 7.69 Å². The molecule has 1 aliphatic carbocycles. The van der Waals surface area contributed by atoms with Gasteiger partial charge in [0.25, 0.3) is 0 Å². The summed E-state index contributed by atoms with van der Waals surface area (Å²) in [6, 6.07) is 4.03. The van der Waals surface area contributed by atoms with E-state index in [0.717, 1.165) is 17.9 Å². The van der Waals surface area contributed by atoms with Crippen LogP contribution in [0.1, 0.15) is 11.1 Å². The molecular formula is C7H4BO2. The highest BCUT2D eigenvalue weighted by molar-refractivity contribution is 6.23. The Labute approximate surface area is 59.1 Å². The van der Waals surface area contributed by atoms with Crippen LogP contribution in [0.4, 0.5) is 0 Å². The van der Waals surface area contributed by atoms with Crippen LogP contribution in [0.15, 0.2) is 12.1 Å². The predicted molar refractivity (Wildman–Crippen MR) is 36.3 cm³/mol. The summed E-state index contributed by atoms with van der Waals surface area (Å²) in [5, 5.41) is 0. The summed E-state index contributed by atoms with van der Waals surface area (Å²) in [5.74, 6) is 1.79. The van der Waals surface area contributed by atoms with Crippen LogP contribution in [-0.4, -0.2) is 7.69 Å².